The second-order valence-corrected chi connectivity index (χ2v) is 7.76. The zero-order chi connectivity index (χ0) is 16.4. The van der Waals surface area contributed by atoms with E-state index in [4.69, 9.17) is 4.74 Å². The molecule has 3 aliphatic rings. The second kappa shape index (κ2) is 6.77. The van der Waals surface area contributed by atoms with Crippen LogP contribution in [0.1, 0.15) is 33.1 Å². The zero-order valence-corrected chi connectivity index (χ0v) is 14.4. The number of ether oxygens (including phenoxy) is 1. The molecule has 2 amide bonds. The lowest BCUT2D eigenvalue weighted by atomic mass is 10.1. The van der Waals surface area contributed by atoms with Crippen LogP contribution in [0.15, 0.2) is 0 Å². The molecule has 6 heteroatoms. The molecule has 3 saturated heterocycles. The molecule has 0 bridgehead atoms. The van der Waals surface area contributed by atoms with E-state index < -0.39 is 0 Å². The first-order valence-corrected chi connectivity index (χ1v) is 8.85. The van der Waals surface area contributed by atoms with Gasteiger partial charge in [-0.3, -0.25) is 14.5 Å². The molecule has 3 heterocycles. The number of hydrogen-bond donors (Lipinski definition) is 0. The molecule has 0 N–H and O–H groups in total. The van der Waals surface area contributed by atoms with E-state index in [1.54, 1.807) is 0 Å². The van der Waals surface area contributed by atoms with Crippen molar-refractivity contribution in [2.24, 2.45) is 5.92 Å². The van der Waals surface area contributed by atoms with Crippen molar-refractivity contribution in [3.63, 3.8) is 0 Å². The molecule has 3 fully saturated rings. The molecule has 1 unspecified atom stereocenters. The highest BCUT2D eigenvalue weighted by molar-refractivity contribution is 5.78. The quantitative estimate of drug-likeness (QED) is 0.759. The number of carbonyl (C=O) groups excluding carboxylic acids is 2. The lowest BCUT2D eigenvalue weighted by molar-refractivity contribution is -0.146. The lowest BCUT2D eigenvalue weighted by Gasteiger charge is -2.38. The van der Waals surface area contributed by atoms with Gasteiger partial charge >= 0.3 is 0 Å². The van der Waals surface area contributed by atoms with Crippen LogP contribution in [0.5, 0.6) is 0 Å². The van der Waals surface area contributed by atoms with Gasteiger partial charge in [-0.25, -0.2) is 0 Å². The van der Waals surface area contributed by atoms with Crippen molar-refractivity contribution in [1.82, 2.24) is 14.7 Å². The molecule has 1 atom stereocenters. The summed E-state index contributed by atoms with van der Waals surface area (Å²) in [4.78, 5) is 30.4. The maximum absolute atomic E-state index is 12.5. The lowest BCUT2D eigenvalue weighted by Crippen LogP contribution is -2.52. The van der Waals surface area contributed by atoms with Crippen molar-refractivity contribution in [1.29, 1.82) is 0 Å². The van der Waals surface area contributed by atoms with Gasteiger partial charge in [0.1, 0.15) is 0 Å². The smallest absolute Gasteiger partial charge is 0.236 e. The van der Waals surface area contributed by atoms with E-state index >= 15 is 0 Å². The predicted octanol–water partition coefficient (Wildman–Crippen LogP) is 0.568. The average Bonchev–Trinajstić information content (AvgIpc) is 3.08. The largest absolute Gasteiger partial charge is 0.372 e. The van der Waals surface area contributed by atoms with E-state index in [-0.39, 0.29) is 11.5 Å². The minimum atomic E-state index is -0.239. The Hall–Kier alpha value is -1.14. The van der Waals surface area contributed by atoms with Crippen molar-refractivity contribution < 1.29 is 14.3 Å². The summed E-state index contributed by atoms with van der Waals surface area (Å²) >= 11 is 0. The second-order valence-electron chi connectivity index (χ2n) is 7.76. The topological polar surface area (TPSA) is 53.1 Å². The molecule has 0 radical (unpaired) electrons. The first kappa shape index (κ1) is 16.7. The fraction of sp³-hybridized carbons (Fsp3) is 0.882. The normalized spacial score (nSPS) is 28.6. The Morgan fingerprint density at radius 1 is 1.30 bits per heavy atom. The van der Waals surface area contributed by atoms with Gasteiger partial charge in [0.05, 0.1) is 18.8 Å². The summed E-state index contributed by atoms with van der Waals surface area (Å²) in [5, 5.41) is 0. The van der Waals surface area contributed by atoms with Gasteiger partial charge in [-0.15, -0.1) is 0 Å². The third-order valence-corrected chi connectivity index (χ3v) is 5.16. The summed E-state index contributed by atoms with van der Waals surface area (Å²) in [5.74, 6) is 1.03. The Morgan fingerprint density at radius 3 is 2.83 bits per heavy atom. The number of rotatable bonds is 4. The molecule has 0 aromatic rings. The monoisotopic (exact) mass is 323 g/mol. The highest BCUT2D eigenvalue weighted by Crippen LogP contribution is 2.21. The number of nitrogens with zero attached hydrogens (tertiary/aromatic N) is 3. The maximum Gasteiger partial charge on any atom is 0.236 e. The van der Waals surface area contributed by atoms with Crippen molar-refractivity contribution in [3.8, 4) is 0 Å². The van der Waals surface area contributed by atoms with Crippen molar-refractivity contribution in [2.45, 2.75) is 38.7 Å². The number of morpholine rings is 1. The van der Waals surface area contributed by atoms with Gasteiger partial charge in [-0.05, 0) is 39.2 Å². The molecule has 3 rings (SSSR count). The first-order valence-electron chi connectivity index (χ1n) is 8.85. The fourth-order valence-corrected chi connectivity index (χ4v) is 3.93. The summed E-state index contributed by atoms with van der Waals surface area (Å²) in [5.41, 5.74) is -0.239. The van der Waals surface area contributed by atoms with Gasteiger partial charge in [0.25, 0.3) is 0 Å². The molecule has 0 aliphatic carbocycles. The Bertz CT molecular complexity index is 466. The third kappa shape index (κ3) is 4.23. The summed E-state index contributed by atoms with van der Waals surface area (Å²) in [6, 6.07) is 0. The first-order chi connectivity index (χ1) is 10.9. The van der Waals surface area contributed by atoms with Gasteiger partial charge in [-0.2, -0.15) is 0 Å². The Kier molecular flexibility index (Phi) is 4.92. The van der Waals surface area contributed by atoms with Crippen LogP contribution < -0.4 is 0 Å². The molecule has 23 heavy (non-hydrogen) atoms. The van der Waals surface area contributed by atoms with Crippen LogP contribution in [0.25, 0.3) is 0 Å². The molecule has 0 spiro atoms. The van der Waals surface area contributed by atoms with E-state index in [1.807, 2.05) is 23.6 Å². The van der Waals surface area contributed by atoms with Crippen LogP contribution in [0, 0.1) is 5.92 Å². The average molecular weight is 323 g/mol. The van der Waals surface area contributed by atoms with Gasteiger partial charge in [0, 0.05) is 39.1 Å². The Balaban J connectivity index is 1.44. The van der Waals surface area contributed by atoms with Gasteiger partial charge in [0.15, 0.2) is 0 Å². The van der Waals surface area contributed by atoms with Gasteiger partial charge < -0.3 is 14.5 Å². The Morgan fingerprint density at radius 2 is 2.13 bits per heavy atom. The van der Waals surface area contributed by atoms with E-state index in [0.29, 0.717) is 44.5 Å². The van der Waals surface area contributed by atoms with E-state index in [2.05, 4.69) is 4.90 Å². The third-order valence-electron chi connectivity index (χ3n) is 5.16. The van der Waals surface area contributed by atoms with Gasteiger partial charge in [0.2, 0.25) is 11.8 Å². The fourth-order valence-electron chi connectivity index (χ4n) is 3.93. The van der Waals surface area contributed by atoms with E-state index in [1.165, 1.54) is 0 Å². The number of hydrogen-bond acceptors (Lipinski definition) is 4. The number of likely N-dealkylation sites (tertiary alicyclic amines) is 2. The Labute approximate surface area is 138 Å². The van der Waals surface area contributed by atoms with Crippen molar-refractivity contribution in [3.05, 3.63) is 0 Å². The maximum atomic E-state index is 12.5. The zero-order valence-electron chi connectivity index (χ0n) is 14.4. The molecule has 6 nitrogen and oxygen atoms in total. The molecular formula is C17H29N3O3. The molecule has 130 valence electrons. The minimum Gasteiger partial charge on any atom is -0.372 e. The SMILES string of the molecule is CC1(C)CN(C(=O)CN2CCC(CN3CCCC3=O)C2)CCO1. The molecule has 0 saturated carbocycles. The van der Waals surface area contributed by atoms with Crippen LogP contribution in [0.3, 0.4) is 0 Å². The number of carbonyl (C=O) groups is 2. The predicted molar refractivity (Wildman–Crippen MR) is 87.0 cm³/mol. The minimum absolute atomic E-state index is 0.208. The van der Waals surface area contributed by atoms with E-state index in [0.717, 1.165) is 39.0 Å². The van der Waals surface area contributed by atoms with Crippen molar-refractivity contribution >= 4 is 11.8 Å². The van der Waals surface area contributed by atoms with Crippen LogP contribution in [-0.4, -0.2) is 84.5 Å². The molecular weight excluding hydrogens is 294 g/mol. The molecule has 0 aromatic carbocycles. The van der Waals surface area contributed by atoms with Crippen LogP contribution in [0.2, 0.25) is 0 Å². The van der Waals surface area contributed by atoms with Crippen LogP contribution in [0.4, 0.5) is 0 Å². The van der Waals surface area contributed by atoms with Crippen LogP contribution >= 0.6 is 0 Å². The standard InChI is InChI=1S/C17H29N3O3/c1-17(2)13-20(8-9-23-17)16(22)12-18-7-5-14(10-18)11-19-6-3-4-15(19)21/h14H,3-13H2,1-2H3. The number of amides is 2. The summed E-state index contributed by atoms with van der Waals surface area (Å²) in [7, 11) is 0. The van der Waals surface area contributed by atoms with E-state index in [9.17, 15) is 9.59 Å². The summed E-state index contributed by atoms with van der Waals surface area (Å²) < 4.78 is 5.67. The van der Waals surface area contributed by atoms with Crippen molar-refractivity contribution in [2.75, 3.05) is 52.4 Å². The van der Waals surface area contributed by atoms with Crippen LogP contribution in [-0.2, 0) is 14.3 Å². The summed E-state index contributed by atoms with van der Waals surface area (Å²) in [6.07, 6.45) is 2.80. The summed E-state index contributed by atoms with van der Waals surface area (Å²) in [6.45, 7) is 10.2. The molecule has 3 aliphatic heterocycles. The highest BCUT2D eigenvalue weighted by atomic mass is 16.5. The molecule has 0 aromatic heterocycles. The van der Waals surface area contributed by atoms with Gasteiger partial charge in [-0.1, -0.05) is 0 Å². The highest BCUT2D eigenvalue weighted by Gasteiger charge is 2.33.